The molecule has 9 heteroatoms. The smallest absolute Gasteiger partial charge is 0.338 e. The van der Waals surface area contributed by atoms with Crippen molar-refractivity contribution in [2.24, 2.45) is 0 Å². The molecule has 2 heterocycles. The zero-order chi connectivity index (χ0) is 19.3. The van der Waals surface area contributed by atoms with Gasteiger partial charge in [0.2, 0.25) is 5.89 Å². The molecule has 0 atom stereocenters. The minimum absolute atomic E-state index is 0.0840. The maximum absolute atomic E-state index is 12.1. The van der Waals surface area contributed by atoms with Crippen LogP contribution in [0.3, 0.4) is 0 Å². The van der Waals surface area contributed by atoms with Crippen LogP contribution in [0.15, 0.2) is 52.9 Å². The van der Waals surface area contributed by atoms with Gasteiger partial charge in [0.1, 0.15) is 13.2 Å². The number of esters is 1. The lowest BCUT2D eigenvalue weighted by molar-refractivity contribution is -0.119. The highest BCUT2D eigenvalue weighted by Gasteiger charge is 2.17. The monoisotopic (exact) mass is 381 g/mol. The second-order valence-corrected chi connectivity index (χ2v) is 5.76. The van der Waals surface area contributed by atoms with E-state index in [2.05, 4.69) is 15.5 Å². The standard InChI is InChI=1S/C19H15N3O6/c23-16(20-19-22-21-17(28-19)12-4-2-1-3-5-12)11-27-18(24)13-6-7-14-15(10-13)26-9-8-25-14/h1-7,10H,8-9,11H2,(H,20,22,23). The van der Waals surface area contributed by atoms with Crippen LogP contribution in [0.2, 0.25) is 0 Å². The number of carbonyl (C=O) groups is 2. The third-order valence-corrected chi connectivity index (χ3v) is 3.80. The fourth-order valence-electron chi connectivity index (χ4n) is 2.51. The topological polar surface area (TPSA) is 113 Å². The Hall–Kier alpha value is -3.88. The summed E-state index contributed by atoms with van der Waals surface area (Å²) in [5.41, 5.74) is 0.974. The first kappa shape index (κ1) is 17.5. The van der Waals surface area contributed by atoms with E-state index < -0.39 is 18.5 Å². The van der Waals surface area contributed by atoms with Gasteiger partial charge < -0.3 is 18.6 Å². The first-order valence-corrected chi connectivity index (χ1v) is 8.44. The second kappa shape index (κ2) is 7.78. The van der Waals surface area contributed by atoms with Gasteiger partial charge in [0.15, 0.2) is 18.1 Å². The molecule has 1 amide bonds. The fourth-order valence-corrected chi connectivity index (χ4v) is 2.51. The molecule has 0 unspecified atom stereocenters. The molecule has 1 N–H and O–H groups in total. The van der Waals surface area contributed by atoms with Crippen LogP contribution in [-0.4, -0.2) is 41.9 Å². The molecule has 0 fully saturated rings. The highest BCUT2D eigenvalue weighted by atomic mass is 16.6. The number of carbonyl (C=O) groups excluding carboxylic acids is 2. The maximum atomic E-state index is 12.1. The Morgan fingerprint density at radius 2 is 1.79 bits per heavy atom. The predicted octanol–water partition coefficient (Wildman–Crippen LogP) is 2.30. The second-order valence-electron chi connectivity index (χ2n) is 5.76. The van der Waals surface area contributed by atoms with E-state index >= 15 is 0 Å². The van der Waals surface area contributed by atoms with E-state index in [1.807, 2.05) is 18.2 Å². The number of hydrogen-bond acceptors (Lipinski definition) is 8. The summed E-state index contributed by atoms with van der Waals surface area (Å²) in [5.74, 6) is 0.0246. The van der Waals surface area contributed by atoms with E-state index in [0.717, 1.165) is 5.56 Å². The summed E-state index contributed by atoms with van der Waals surface area (Å²) in [6.07, 6.45) is 0. The number of hydrogen-bond donors (Lipinski definition) is 1. The molecule has 142 valence electrons. The van der Waals surface area contributed by atoms with E-state index in [4.69, 9.17) is 18.6 Å². The third-order valence-electron chi connectivity index (χ3n) is 3.80. The molecule has 1 aliphatic heterocycles. The van der Waals surface area contributed by atoms with Crippen LogP contribution >= 0.6 is 0 Å². The number of benzene rings is 2. The van der Waals surface area contributed by atoms with Crippen LogP contribution in [0, 0.1) is 0 Å². The average molecular weight is 381 g/mol. The van der Waals surface area contributed by atoms with Gasteiger partial charge in [-0.15, -0.1) is 5.10 Å². The Kier molecular flexibility index (Phi) is 4.87. The molecular formula is C19H15N3O6. The van der Waals surface area contributed by atoms with Crippen molar-refractivity contribution in [3.8, 4) is 23.0 Å². The highest BCUT2D eigenvalue weighted by Crippen LogP contribution is 2.30. The van der Waals surface area contributed by atoms with Crippen LogP contribution < -0.4 is 14.8 Å². The summed E-state index contributed by atoms with van der Waals surface area (Å²) < 4.78 is 21.2. The molecule has 0 radical (unpaired) electrons. The quantitative estimate of drug-likeness (QED) is 0.670. The molecule has 0 saturated carbocycles. The van der Waals surface area contributed by atoms with Crippen molar-refractivity contribution in [2.45, 2.75) is 0 Å². The molecule has 0 spiro atoms. The Morgan fingerprint density at radius 1 is 1.00 bits per heavy atom. The summed E-state index contributed by atoms with van der Waals surface area (Å²) in [6.45, 7) is 0.359. The van der Waals surface area contributed by atoms with E-state index in [-0.39, 0.29) is 17.5 Å². The predicted molar refractivity (Wildman–Crippen MR) is 96.1 cm³/mol. The van der Waals surface area contributed by atoms with Gasteiger partial charge in [-0.1, -0.05) is 23.3 Å². The molecule has 0 saturated heterocycles. The Labute approximate surface area is 159 Å². The number of fused-ring (bicyclic) bond motifs is 1. The van der Waals surface area contributed by atoms with Crippen molar-refractivity contribution in [3.63, 3.8) is 0 Å². The molecule has 3 aromatic rings. The Bertz CT molecular complexity index is 1000. The molecule has 0 bridgehead atoms. The van der Waals surface area contributed by atoms with Gasteiger partial charge in [-0.05, 0) is 30.3 Å². The van der Waals surface area contributed by atoms with Crippen molar-refractivity contribution in [1.29, 1.82) is 0 Å². The fraction of sp³-hybridized carbons (Fsp3) is 0.158. The van der Waals surface area contributed by atoms with Crippen LogP contribution in [0.1, 0.15) is 10.4 Å². The number of ether oxygens (including phenoxy) is 3. The van der Waals surface area contributed by atoms with Crippen LogP contribution in [-0.2, 0) is 9.53 Å². The van der Waals surface area contributed by atoms with Crippen LogP contribution in [0.25, 0.3) is 11.5 Å². The highest BCUT2D eigenvalue weighted by molar-refractivity contribution is 5.94. The summed E-state index contributed by atoms with van der Waals surface area (Å²) in [6, 6.07) is 13.7. The summed E-state index contributed by atoms with van der Waals surface area (Å²) in [4.78, 5) is 24.1. The molecule has 28 heavy (non-hydrogen) atoms. The first-order chi connectivity index (χ1) is 13.7. The lowest BCUT2D eigenvalue weighted by atomic mass is 10.2. The molecule has 1 aliphatic rings. The molecule has 0 aliphatic carbocycles. The van der Waals surface area contributed by atoms with Crippen LogP contribution in [0.5, 0.6) is 11.5 Å². The van der Waals surface area contributed by atoms with E-state index in [1.165, 1.54) is 12.1 Å². The first-order valence-electron chi connectivity index (χ1n) is 8.44. The van der Waals surface area contributed by atoms with Crippen molar-refractivity contribution < 1.29 is 28.2 Å². The normalized spacial score (nSPS) is 12.3. The molecule has 2 aromatic carbocycles. The number of nitrogens with zero attached hydrogens (tertiary/aromatic N) is 2. The number of nitrogens with one attached hydrogen (secondary N) is 1. The minimum Gasteiger partial charge on any atom is -0.486 e. The largest absolute Gasteiger partial charge is 0.486 e. The van der Waals surface area contributed by atoms with Crippen LogP contribution in [0.4, 0.5) is 6.01 Å². The number of rotatable bonds is 5. The number of anilines is 1. The van der Waals surface area contributed by atoms with Crippen molar-refractivity contribution in [3.05, 3.63) is 54.1 Å². The molecular weight excluding hydrogens is 366 g/mol. The van der Waals surface area contributed by atoms with Gasteiger partial charge in [-0.3, -0.25) is 10.1 Å². The summed E-state index contributed by atoms with van der Waals surface area (Å²) >= 11 is 0. The van der Waals surface area contributed by atoms with Gasteiger partial charge in [-0.25, -0.2) is 4.79 Å². The molecule has 1 aromatic heterocycles. The number of aromatic nitrogens is 2. The van der Waals surface area contributed by atoms with Gasteiger partial charge in [-0.2, -0.15) is 0 Å². The zero-order valence-corrected chi connectivity index (χ0v) is 14.6. The summed E-state index contributed by atoms with van der Waals surface area (Å²) in [5, 5.41) is 9.99. The third kappa shape index (κ3) is 3.93. The lowest BCUT2D eigenvalue weighted by Crippen LogP contribution is -2.21. The summed E-state index contributed by atoms with van der Waals surface area (Å²) in [7, 11) is 0. The molecule has 9 nitrogen and oxygen atoms in total. The van der Waals surface area contributed by atoms with Gasteiger partial charge in [0, 0.05) is 5.56 Å². The van der Waals surface area contributed by atoms with Crippen molar-refractivity contribution in [1.82, 2.24) is 10.2 Å². The van der Waals surface area contributed by atoms with E-state index in [1.54, 1.807) is 18.2 Å². The zero-order valence-electron chi connectivity index (χ0n) is 14.6. The van der Waals surface area contributed by atoms with Crippen molar-refractivity contribution >= 4 is 17.9 Å². The van der Waals surface area contributed by atoms with Gasteiger partial charge in [0.05, 0.1) is 5.56 Å². The Balaban J connectivity index is 1.32. The van der Waals surface area contributed by atoms with Gasteiger partial charge in [0.25, 0.3) is 5.91 Å². The Morgan fingerprint density at radius 3 is 2.61 bits per heavy atom. The van der Waals surface area contributed by atoms with E-state index in [0.29, 0.717) is 24.7 Å². The maximum Gasteiger partial charge on any atom is 0.338 e. The number of amides is 1. The van der Waals surface area contributed by atoms with Gasteiger partial charge >= 0.3 is 12.0 Å². The average Bonchev–Trinajstić information content (AvgIpc) is 3.20. The molecule has 4 rings (SSSR count). The SMILES string of the molecule is O=C(COC(=O)c1ccc2c(c1)OCCO2)Nc1nnc(-c2ccccc2)o1. The lowest BCUT2D eigenvalue weighted by Gasteiger charge is -2.18. The minimum atomic E-state index is -0.664. The van der Waals surface area contributed by atoms with E-state index in [9.17, 15) is 9.59 Å². The van der Waals surface area contributed by atoms with Crippen molar-refractivity contribution in [2.75, 3.05) is 25.1 Å².